The van der Waals surface area contributed by atoms with Gasteiger partial charge < -0.3 is 10.8 Å². The van der Waals surface area contributed by atoms with E-state index in [9.17, 15) is 4.79 Å². The number of hydrogen-bond donors (Lipinski definition) is 2. The van der Waals surface area contributed by atoms with Gasteiger partial charge in [0.05, 0.1) is 0 Å². The fraction of sp³-hybridized carbons (Fsp3) is 0.923. The molecule has 94 valence electrons. The molecule has 1 rings (SSSR count). The molecule has 1 aliphatic carbocycles. The Morgan fingerprint density at radius 3 is 2.38 bits per heavy atom. The lowest BCUT2D eigenvalue weighted by Crippen LogP contribution is -2.33. The lowest BCUT2D eigenvalue weighted by atomic mass is 9.77. The zero-order chi connectivity index (χ0) is 12.0. The van der Waals surface area contributed by atoms with Gasteiger partial charge in [0.2, 0.25) is 0 Å². The molecular weight excluding hydrogens is 202 g/mol. The van der Waals surface area contributed by atoms with Crippen LogP contribution in [0.15, 0.2) is 0 Å². The number of carbonyl (C=O) groups is 1. The maximum absolute atomic E-state index is 10.7. The second-order valence-corrected chi connectivity index (χ2v) is 5.21. The lowest BCUT2D eigenvalue weighted by molar-refractivity contribution is -0.139. The van der Waals surface area contributed by atoms with Crippen LogP contribution in [0, 0.1) is 11.8 Å². The van der Waals surface area contributed by atoms with Crippen molar-refractivity contribution in [3.05, 3.63) is 0 Å². The van der Waals surface area contributed by atoms with Crippen molar-refractivity contribution in [2.45, 2.75) is 64.3 Å². The molecule has 0 aromatic heterocycles. The molecule has 0 spiro atoms. The Bertz CT molecular complexity index is 210. The van der Waals surface area contributed by atoms with Crippen molar-refractivity contribution in [2.24, 2.45) is 17.6 Å². The van der Waals surface area contributed by atoms with Crippen LogP contribution in [0.5, 0.6) is 0 Å². The minimum Gasteiger partial charge on any atom is -0.480 e. The monoisotopic (exact) mass is 227 g/mol. The summed E-state index contributed by atoms with van der Waals surface area (Å²) >= 11 is 0. The quantitative estimate of drug-likeness (QED) is 0.733. The molecule has 0 aromatic carbocycles. The highest BCUT2D eigenvalue weighted by atomic mass is 16.4. The van der Waals surface area contributed by atoms with Gasteiger partial charge in [-0.2, -0.15) is 0 Å². The summed E-state index contributed by atoms with van der Waals surface area (Å²) in [5, 5.41) is 8.76. The summed E-state index contributed by atoms with van der Waals surface area (Å²) in [6.07, 6.45) is 9.54. The number of carboxylic acids is 1. The summed E-state index contributed by atoms with van der Waals surface area (Å²) in [7, 11) is 0. The van der Waals surface area contributed by atoms with Crippen molar-refractivity contribution in [1.82, 2.24) is 0 Å². The van der Waals surface area contributed by atoms with Crippen LogP contribution < -0.4 is 5.73 Å². The smallest absolute Gasteiger partial charge is 0.320 e. The van der Waals surface area contributed by atoms with E-state index in [2.05, 4.69) is 6.92 Å². The molecule has 0 radical (unpaired) electrons. The Morgan fingerprint density at radius 1 is 1.31 bits per heavy atom. The van der Waals surface area contributed by atoms with Gasteiger partial charge in [-0.3, -0.25) is 4.79 Å². The van der Waals surface area contributed by atoms with Crippen LogP contribution >= 0.6 is 0 Å². The van der Waals surface area contributed by atoms with E-state index in [4.69, 9.17) is 10.8 Å². The first-order valence-corrected chi connectivity index (χ1v) is 6.61. The molecule has 0 amide bonds. The largest absolute Gasteiger partial charge is 0.480 e. The molecular formula is C13H25NO2. The third kappa shape index (κ3) is 4.52. The Labute approximate surface area is 98.4 Å². The van der Waals surface area contributed by atoms with Gasteiger partial charge in [-0.25, -0.2) is 0 Å². The zero-order valence-corrected chi connectivity index (χ0v) is 10.3. The first-order chi connectivity index (χ1) is 7.63. The Balaban J connectivity index is 2.19. The van der Waals surface area contributed by atoms with Gasteiger partial charge >= 0.3 is 5.97 Å². The Hall–Kier alpha value is -0.570. The zero-order valence-electron chi connectivity index (χ0n) is 10.3. The molecule has 1 fully saturated rings. The number of hydrogen-bond acceptors (Lipinski definition) is 2. The van der Waals surface area contributed by atoms with E-state index < -0.39 is 12.0 Å². The summed E-state index contributed by atoms with van der Waals surface area (Å²) in [5.74, 6) is 0.578. The molecule has 3 nitrogen and oxygen atoms in total. The first kappa shape index (κ1) is 13.5. The molecule has 0 bridgehead atoms. The fourth-order valence-corrected chi connectivity index (χ4v) is 2.71. The molecule has 1 atom stereocenters. The topological polar surface area (TPSA) is 63.3 Å². The van der Waals surface area contributed by atoms with Crippen molar-refractivity contribution in [1.29, 1.82) is 0 Å². The summed E-state index contributed by atoms with van der Waals surface area (Å²) in [4.78, 5) is 10.7. The van der Waals surface area contributed by atoms with Gasteiger partial charge in [0.15, 0.2) is 0 Å². The highest BCUT2D eigenvalue weighted by Crippen LogP contribution is 2.33. The molecule has 0 saturated heterocycles. The van der Waals surface area contributed by atoms with Crippen LogP contribution in [0.25, 0.3) is 0 Å². The van der Waals surface area contributed by atoms with Crippen molar-refractivity contribution < 1.29 is 9.90 Å². The van der Waals surface area contributed by atoms with Gasteiger partial charge in [0, 0.05) is 0 Å². The van der Waals surface area contributed by atoms with Gasteiger partial charge in [0.25, 0.3) is 0 Å². The minimum atomic E-state index is -0.854. The molecule has 0 aliphatic heterocycles. The lowest BCUT2D eigenvalue weighted by Gasteiger charge is -2.29. The van der Waals surface area contributed by atoms with Crippen molar-refractivity contribution in [3.8, 4) is 0 Å². The molecule has 1 aliphatic rings. The predicted molar refractivity (Wildman–Crippen MR) is 65.2 cm³/mol. The average molecular weight is 227 g/mol. The highest BCUT2D eigenvalue weighted by Gasteiger charge is 2.24. The third-order valence-corrected chi connectivity index (χ3v) is 3.84. The number of unbranched alkanes of at least 4 members (excludes halogenated alkanes) is 1. The SMILES string of the molecule is CCCCC1CCC(CC(N)C(=O)O)CC1. The van der Waals surface area contributed by atoms with Crippen molar-refractivity contribution in [3.63, 3.8) is 0 Å². The maximum Gasteiger partial charge on any atom is 0.320 e. The van der Waals surface area contributed by atoms with E-state index >= 15 is 0 Å². The Kier molecular flexibility index (Phi) is 5.81. The number of rotatable bonds is 6. The first-order valence-electron chi connectivity index (χ1n) is 6.61. The number of nitrogens with two attached hydrogens (primary N) is 1. The molecule has 16 heavy (non-hydrogen) atoms. The van der Waals surface area contributed by atoms with E-state index in [1.807, 2.05) is 0 Å². The Morgan fingerprint density at radius 2 is 1.88 bits per heavy atom. The van der Waals surface area contributed by atoms with Crippen LogP contribution in [-0.2, 0) is 4.79 Å². The summed E-state index contributed by atoms with van der Waals surface area (Å²) in [6, 6.07) is -0.655. The van der Waals surface area contributed by atoms with Crippen LogP contribution in [-0.4, -0.2) is 17.1 Å². The van der Waals surface area contributed by atoms with Crippen LogP contribution in [0.3, 0.4) is 0 Å². The second-order valence-electron chi connectivity index (χ2n) is 5.21. The second kappa shape index (κ2) is 6.89. The number of carboxylic acid groups (broad SMARTS) is 1. The van der Waals surface area contributed by atoms with E-state index in [1.54, 1.807) is 0 Å². The van der Waals surface area contributed by atoms with E-state index in [0.29, 0.717) is 12.3 Å². The minimum absolute atomic E-state index is 0.545. The normalized spacial score (nSPS) is 27.6. The van der Waals surface area contributed by atoms with Crippen molar-refractivity contribution in [2.75, 3.05) is 0 Å². The summed E-state index contributed by atoms with van der Waals surface area (Å²) < 4.78 is 0. The number of aliphatic carboxylic acids is 1. The highest BCUT2D eigenvalue weighted by molar-refractivity contribution is 5.73. The van der Waals surface area contributed by atoms with Gasteiger partial charge in [-0.05, 0) is 18.3 Å². The van der Waals surface area contributed by atoms with Gasteiger partial charge in [-0.1, -0.05) is 51.9 Å². The van der Waals surface area contributed by atoms with Crippen molar-refractivity contribution >= 4 is 5.97 Å². The summed E-state index contributed by atoms with van der Waals surface area (Å²) in [6.45, 7) is 2.23. The van der Waals surface area contributed by atoms with E-state index in [0.717, 1.165) is 5.92 Å². The van der Waals surface area contributed by atoms with Crippen LogP contribution in [0.1, 0.15) is 58.3 Å². The predicted octanol–water partition coefficient (Wildman–Crippen LogP) is 2.79. The van der Waals surface area contributed by atoms with Gasteiger partial charge in [0.1, 0.15) is 6.04 Å². The summed E-state index contributed by atoms with van der Waals surface area (Å²) in [5.41, 5.74) is 5.56. The standard InChI is InChI=1S/C13H25NO2/c1-2-3-4-10-5-7-11(8-6-10)9-12(14)13(15)16/h10-12H,2-9,14H2,1H3,(H,15,16). The van der Waals surface area contributed by atoms with E-state index in [1.165, 1.54) is 44.9 Å². The fourth-order valence-electron chi connectivity index (χ4n) is 2.71. The molecule has 1 unspecified atom stereocenters. The molecule has 3 N–H and O–H groups in total. The van der Waals surface area contributed by atoms with E-state index in [-0.39, 0.29) is 0 Å². The third-order valence-electron chi connectivity index (χ3n) is 3.84. The molecule has 0 aromatic rings. The molecule has 1 saturated carbocycles. The molecule has 0 heterocycles. The average Bonchev–Trinajstić information content (AvgIpc) is 2.28. The molecule has 3 heteroatoms. The van der Waals surface area contributed by atoms with Crippen LogP contribution in [0.4, 0.5) is 0 Å². The van der Waals surface area contributed by atoms with Gasteiger partial charge in [-0.15, -0.1) is 0 Å². The maximum atomic E-state index is 10.7. The van der Waals surface area contributed by atoms with Crippen LogP contribution in [0.2, 0.25) is 0 Å².